The number of carbonyl (C=O) groups is 1. The highest BCUT2D eigenvalue weighted by Gasteiger charge is 2.16. The molecule has 158 valence electrons. The Morgan fingerprint density at radius 3 is 2.42 bits per heavy atom. The molecule has 0 bridgehead atoms. The monoisotopic (exact) mass is 453 g/mol. The lowest BCUT2D eigenvalue weighted by Crippen LogP contribution is -2.43. The van der Waals surface area contributed by atoms with Crippen molar-refractivity contribution in [3.8, 4) is 0 Å². The fourth-order valence-electron chi connectivity index (χ4n) is 3.39. The minimum atomic E-state index is -0.510. The van der Waals surface area contributed by atoms with E-state index >= 15 is 0 Å². The van der Waals surface area contributed by atoms with Crippen LogP contribution in [0.15, 0.2) is 75.6 Å². The quantitative estimate of drug-likeness (QED) is 0.466. The molecular weight excluding hydrogens is 434 g/mol. The maximum atomic E-state index is 13.1. The SMILES string of the molecule is O=C(Cn1c(=O)c2sccc2n(Cc2ccc(Cl)cc2)c1=O)NCCc1ccccc1. The van der Waals surface area contributed by atoms with Gasteiger partial charge in [-0.1, -0.05) is 54.1 Å². The molecule has 0 saturated heterocycles. The molecule has 0 aliphatic carbocycles. The number of nitrogens with zero attached hydrogens (tertiary/aromatic N) is 2. The van der Waals surface area contributed by atoms with Crippen molar-refractivity contribution in [3.05, 3.63) is 103 Å². The molecule has 0 aliphatic rings. The van der Waals surface area contributed by atoms with Crippen molar-refractivity contribution in [2.24, 2.45) is 0 Å². The topological polar surface area (TPSA) is 73.1 Å². The number of benzene rings is 2. The molecule has 4 aromatic rings. The number of fused-ring (bicyclic) bond motifs is 1. The molecule has 0 saturated carbocycles. The molecule has 4 rings (SSSR count). The molecule has 6 nitrogen and oxygen atoms in total. The second kappa shape index (κ2) is 9.32. The van der Waals surface area contributed by atoms with Crippen molar-refractivity contribution >= 4 is 39.1 Å². The van der Waals surface area contributed by atoms with Crippen LogP contribution in [0.3, 0.4) is 0 Å². The minimum absolute atomic E-state index is 0.277. The van der Waals surface area contributed by atoms with Gasteiger partial charge in [0, 0.05) is 11.6 Å². The van der Waals surface area contributed by atoms with Crippen LogP contribution >= 0.6 is 22.9 Å². The van der Waals surface area contributed by atoms with Gasteiger partial charge in [0.2, 0.25) is 5.91 Å². The summed E-state index contributed by atoms with van der Waals surface area (Å²) < 4.78 is 2.98. The van der Waals surface area contributed by atoms with Crippen LogP contribution in [-0.2, 0) is 24.3 Å². The maximum absolute atomic E-state index is 13.1. The van der Waals surface area contributed by atoms with Gasteiger partial charge in [-0.25, -0.2) is 9.36 Å². The number of aromatic nitrogens is 2. The summed E-state index contributed by atoms with van der Waals surface area (Å²) in [5.41, 5.74) is 1.59. The normalized spacial score (nSPS) is 11.0. The highest BCUT2D eigenvalue weighted by atomic mass is 35.5. The molecule has 0 radical (unpaired) electrons. The van der Waals surface area contributed by atoms with Gasteiger partial charge < -0.3 is 5.32 Å². The first-order chi connectivity index (χ1) is 15.0. The minimum Gasteiger partial charge on any atom is -0.354 e. The fraction of sp³-hybridized carbons (Fsp3) is 0.174. The van der Waals surface area contributed by atoms with Crippen LogP contribution in [0.2, 0.25) is 5.02 Å². The zero-order valence-electron chi connectivity index (χ0n) is 16.6. The zero-order valence-corrected chi connectivity index (χ0v) is 18.2. The van der Waals surface area contributed by atoms with E-state index in [4.69, 9.17) is 11.6 Å². The third-order valence-electron chi connectivity index (χ3n) is 4.97. The number of rotatable bonds is 7. The van der Waals surface area contributed by atoms with E-state index in [0.29, 0.717) is 28.2 Å². The van der Waals surface area contributed by atoms with Crippen molar-refractivity contribution in [1.29, 1.82) is 0 Å². The third-order valence-corrected chi connectivity index (χ3v) is 6.11. The molecule has 0 atom stereocenters. The predicted octanol–water partition coefficient (Wildman–Crippen LogP) is 3.29. The average molecular weight is 454 g/mol. The maximum Gasteiger partial charge on any atom is 0.332 e. The lowest BCUT2D eigenvalue weighted by molar-refractivity contribution is -0.121. The van der Waals surface area contributed by atoms with Gasteiger partial charge >= 0.3 is 5.69 Å². The summed E-state index contributed by atoms with van der Waals surface area (Å²) in [6.07, 6.45) is 0.673. The van der Waals surface area contributed by atoms with Crippen LogP contribution < -0.4 is 16.6 Å². The van der Waals surface area contributed by atoms with E-state index in [9.17, 15) is 14.4 Å². The Morgan fingerprint density at radius 1 is 0.935 bits per heavy atom. The first-order valence-electron chi connectivity index (χ1n) is 9.79. The number of thiophene rings is 1. The number of hydrogen-bond acceptors (Lipinski definition) is 4. The number of carbonyl (C=O) groups excluding carboxylic acids is 1. The van der Waals surface area contributed by atoms with E-state index in [-0.39, 0.29) is 19.0 Å². The van der Waals surface area contributed by atoms with Gasteiger partial charge in [0.15, 0.2) is 0 Å². The molecule has 1 amide bonds. The molecule has 2 heterocycles. The van der Waals surface area contributed by atoms with E-state index in [1.54, 1.807) is 23.6 Å². The number of amides is 1. The van der Waals surface area contributed by atoms with Crippen molar-refractivity contribution in [2.45, 2.75) is 19.5 Å². The summed E-state index contributed by atoms with van der Waals surface area (Å²) in [6, 6.07) is 18.7. The van der Waals surface area contributed by atoms with Crippen LogP contribution in [0.25, 0.3) is 10.2 Å². The number of hydrogen-bond donors (Lipinski definition) is 1. The van der Waals surface area contributed by atoms with Gasteiger partial charge in [-0.3, -0.25) is 14.2 Å². The van der Waals surface area contributed by atoms with Gasteiger partial charge in [-0.2, -0.15) is 0 Å². The van der Waals surface area contributed by atoms with Crippen molar-refractivity contribution in [1.82, 2.24) is 14.5 Å². The molecular formula is C23H20ClN3O3S. The van der Waals surface area contributed by atoms with E-state index in [0.717, 1.165) is 15.7 Å². The first kappa shape index (κ1) is 21.1. The Kier molecular flexibility index (Phi) is 6.34. The highest BCUT2D eigenvalue weighted by molar-refractivity contribution is 7.17. The summed E-state index contributed by atoms with van der Waals surface area (Å²) >= 11 is 7.21. The Hall–Kier alpha value is -3.16. The Bertz CT molecular complexity index is 1320. The smallest absolute Gasteiger partial charge is 0.332 e. The van der Waals surface area contributed by atoms with Crippen molar-refractivity contribution in [3.63, 3.8) is 0 Å². The summed E-state index contributed by atoms with van der Waals surface area (Å²) in [4.78, 5) is 38.4. The number of nitrogens with one attached hydrogen (secondary N) is 1. The van der Waals surface area contributed by atoms with Crippen molar-refractivity contribution in [2.75, 3.05) is 6.54 Å². The standard InChI is InChI=1S/C23H20ClN3O3S/c24-18-8-6-17(7-9-18)14-26-19-11-13-31-21(19)22(29)27(23(26)30)15-20(28)25-12-10-16-4-2-1-3-5-16/h1-9,11,13H,10,12,14-15H2,(H,25,28). The summed E-state index contributed by atoms with van der Waals surface area (Å²) in [5, 5.41) is 5.17. The molecule has 8 heteroatoms. The summed E-state index contributed by atoms with van der Waals surface area (Å²) in [7, 11) is 0. The van der Waals surface area contributed by atoms with E-state index in [1.165, 1.54) is 15.9 Å². The van der Waals surface area contributed by atoms with Crippen LogP contribution in [0.4, 0.5) is 0 Å². The molecule has 0 spiro atoms. The van der Waals surface area contributed by atoms with Gasteiger partial charge in [-0.05, 0) is 41.1 Å². The van der Waals surface area contributed by atoms with Gasteiger partial charge in [0.05, 0.1) is 12.1 Å². The third kappa shape index (κ3) is 4.78. The van der Waals surface area contributed by atoms with Gasteiger partial charge in [0.1, 0.15) is 11.2 Å². The first-order valence-corrected chi connectivity index (χ1v) is 11.0. The van der Waals surface area contributed by atoms with Crippen molar-refractivity contribution < 1.29 is 4.79 Å². The van der Waals surface area contributed by atoms with Crippen LogP contribution in [0.5, 0.6) is 0 Å². The summed E-state index contributed by atoms with van der Waals surface area (Å²) in [6.45, 7) is 0.387. The second-order valence-corrected chi connectivity index (χ2v) is 8.46. The largest absolute Gasteiger partial charge is 0.354 e. The van der Waals surface area contributed by atoms with E-state index in [1.807, 2.05) is 42.5 Å². The predicted molar refractivity (Wildman–Crippen MR) is 124 cm³/mol. The summed E-state index contributed by atoms with van der Waals surface area (Å²) in [5.74, 6) is -0.371. The Morgan fingerprint density at radius 2 is 1.68 bits per heavy atom. The van der Waals surface area contributed by atoms with E-state index in [2.05, 4.69) is 5.32 Å². The molecule has 1 N–H and O–H groups in total. The zero-order chi connectivity index (χ0) is 21.8. The van der Waals surface area contributed by atoms with Crippen LogP contribution in [0, 0.1) is 0 Å². The Labute approximate surface area is 187 Å². The highest BCUT2D eigenvalue weighted by Crippen LogP contribution is 2.17. The van der Waals surface area contributed by atoms with Gasteiger partial charge in [0.25, 0.3) is 5.56 Å². The van der Waals surface area contributed by atoms with E-state index < -0.39 is 11.2 Å². The molecule has 31 heavy (non-hydrogen) atoms. The fourth-order valence-corrected chi connectivity index (χ4v) is 4.36. The molecule has 2 aromatic carbocycles. The lowest BCUT2D eigenvalue weighted by Gasteiger charge is -2.12. The van der Waals surface area contributed by atoms with Crippen LogP contribution in [-0.4, -0.2) is 21.6 Å². The molecule has 2 aromatic heterocycles. The molecule has 0 aliphatic heterocycles. The molecule has 0 unspecified atom stereocenters. The van der Waals surface area contributed by atoms with Crippen LogP contribution in [0.1, 0.15) is 11.1 Å². The average Bonchev–Trinajstić information content (AvgIpc) is 3.26. The second-order valence-electron chi connectivity index (χ2n) is 7.11. The van der Waals surface area contributed by atoms with Gasteiger partial charge in [-0.15, -0.1) is 11.3 Å². The Balaban J connectivity index is 1.57. The number of halogens is 1. The lowest BCUT2D eigenvalue weighted by atomic mass is 10.1. The molecule has 0 fully saturated rings.